The molecule has 0 aliphatic heterocycles. The van der Waals surface area contributed by atoms with E-state index in [-0.39, 0.29) is 23.2 Å². The Labute approximate surface area is 110 Å². The highest BCUT2D eigenvalue weighted by Gasteiger charge is 2.15. The van der Waals surface area contributed by atoms with Gasteiger partial charge in [0.1, 0.15) is 17.4 Å². The number of halogens is 1. The van der Waals surface area contributed by atoms with Crippen molar-refractivity contribution in [3.05, 3.63) is 29.6 Å². The molecule has 0 aliphatic carbocycles. The molecule has 0 aromatic heterocycles. The van der Waals surface area contributed by atoms with Gasteiger partial charge < -0.3 is 4.74 Å². The lowest BCUT2D eigenvalue weighted by Gasteiger charge is -2.11. The molecule has 0 heterocycles. The third-order valence-electron chi connectivity index (χ3n) is 2.17. The molecule has 0 spiro atoms. The van der Waals surface area contributed by atoms with E-state index in [0.29, 0.717) is 11.5 Å². The van der Waals surface area contributed by atoms with Gasteiger partial charge in [0.05, 0.1) is 13.0 Å². The molecule has 96 valence electrons. The molecule has 0 radical (unpaired) electrons. The Kier molecular flexibility index (Phi) is 5.66. The quantitative estimate of drug-likeness (QED) is 0.607. The summed E-state index contributed by atoms with van der Waals surface area (Å²) in [6.45, 7) is 3.93. The van der Waals surface area contributed by atoms with Gasteiger partial charge in [-0.2, -0.15) is 5.26 Å². The van der Waals surface area contributed by atoms with Crippen molar-refractivity contribution in [2.45, 2.75) is 30.4 Å². The van der Waals surface area contributed by atoms with Gasteiger partial charge in [-0.15, -0.1) is 11.8 Å². The lowest BCUT2D eigenvalue weighted by molar-refractivity contribution is -0.142. The Balaban J connectivity index is 2.71. The summed E-state index contributed by atoms with van der Waals surface area (Å²) in [5, 5.41) is 8.81. The van der Waals surface area contributed by atoms with Crippen LogP contribution in [0.4, 0.5) is 4.39 Å². The first-order chi connectivity index (χ1) is 8.58. The van der Waals surface area contributed by atoms with Gasteiger partial charge in [0.25, 0.3) is 0 Å². The van der Waals surface area contributed by atoms with Crippen molar-refractivity contribution in [3.8, 4) is 6.07 Å². The van der Waals surface area contributed by atoms with Crippen LogP contribution in [0.5, 0.6) is 0 Å². The Morgan fingerprint density at radius 2 is 2.33 bits per heavy atom. The maximum atomic E-state index is 13.4. The van der Waals surface area contributed by atoms with Gasteiger partial charge in [-0.3, -0.25) is 4.79 Å². The van der Waals surface area contributed by atoms with E-state index >= 15 is 0 Å². The van der Waals surface area contributed by atoms with Crippen LogP contribution in [0.3, 0.4) is 0 Å². The van der Waals surface area contributed by atoms with Crippen LogP contribution < -0.4 is 0 Å². The van der Waals surface area contributed by atoms with Crippen molar-refractivity contribution >= 4 is 17.7 Å². The second-order valence-corrected chi connectivity index (χ2v) is 5.14. The fourth-order valence-electron chi connectivity index (χ4n) is 1.42. The SMILES string of the molecule is CCOC(=O)CC(C)Sc1cccc(F)c1C#N. The van der Waals surface area contributed by atoms with Gasteiger partial charge in [0.2, 0.25) is 0 Å². The topological polar surface area (TPSA) is 50.1 Å². The molecule has 1 rings (SSSR count). The van der Waals surface area contributed by atoms with Crippen LogP contribution in [0, 0.1) is 17.1 Å². The van der Waals surface area contributed by atoms with Crippen molar-refractivity contribution in [2.75, 3.05) is 6.61 Å². The third kappa shape index (κ3) is 4.04. The molecule has 5 heteroatoms. The Morgan fingerprint density at radius 3 is 2.94 bits per heavy atom. The molecule has 0 amide bonds. The number of hydrogen-bond acceptors (Lipinski definition) is 4. The number of carbonyl (C=O) groups excluding carboxylic acids is 1. The Bertz CT molecular complexity index is 471. The molecular weight excluding hydrogens is 253 g/mol. The fraction of sp³-hybridized carbons (Fsp3) is 0.385. The second kappa shape index (κ2) is 7.02. The summed E-state index contributed by atoms with van der Waals surface area (Å²) in [7, 11) is 0. The highest BCUT2D eigenvalue weighted by molar-refractivity contribution is 8.00. The van der Waals surface area contributed by atoms with Crippen molar-refractivity contribution < 1.29 is 13.9 Å². The monoisotopic (exact) mass is 267 g/mol. The molecule has 1 aromatic rings. The van der Waals surface area contributed by atoms with Crippen molar-refractivity contribution in [1.82, 2.24) is 0 Å². The molecule has 1 atom stereocenters. The van der Waals surface area contributed by atoms with Gasteiger partial charge in [0.15, 0.2) is 0 Å². The minimum Gasteiger partial charge on any atom is -0.466 e. The van der Waals surface area contributed by atoms with Crippen LogP contribution in [-0.4, -0.2) is 17.8 Å². The summed E-state index contributed by atoms with van der Waals surface area (Å²) in [4.78, 5) is 11.8. The number of thioether (sulfide) groups is 1. The summed E-state index contributed by atoms with van der Waals surface area (Å²) in [6, 6.07) is 6.31. The van der Waals surface area contributed by atoms with Crippen LogP contribution in [-0.2, 0) is 9.53 Å². The number of nitrogens with zero attached hydrogens (tertiary/aromatic N) is 1. The molecule has 0 bridgehead atoms. The maximum Gasteiger partial charge on any atom is 0.306 e. The molecule has 1 unspecified atom stereocenters. The van der Waals surface area contributed by atoms with E-state index in [9.17, 15) is 9.18 Å². The predicted molar refractivity (Wildman–Crippen MR) is 67.7 cm³/mol. The lowest BCUT2D eigenvalue weighted by atomic mass is 10.2. The van der Waals surface area contributed by atoms with Crippen molar-refractivity contribution in [2.24, 2.45) is 0 Å². The molecule has 18 heavy (non-hydrogen) atoms. The minimum absolute atomic E-state index is 0.0261. The highest BCUT2D eigenvalue weighted by Crippen LogP contribution is 2.29. The number of hydrogen-bond donors (Lipinski definition) is 0. The molecule has 0 fully saturated rings. The number of benzene rings is 1. The van der Waals surface area contributed by atoms with Crippen molar-refractivity contribution in [1.29, 1.82) is 5.26 Å². The molecule has 3 nitrogen and oxygen atoms in total. The average molecular weight is 267 g/mol. The zero-order valence-corrected chi connectivity index (χ0v) is 11.1. The van der Waals surface area contributed by atoms with E-state index in [0.717, 1.165) is 0 Å². The van der Waals surface area contributed by atoms with Crippen LogP contribution in [0.15, 0.2) is 23.1 Å². The summed E-state index contributed by atoms with van der Waals surface area (Å²) in [5.74, 6) is -0.821. The van der Waals surface area contributed by atoms with Crippen LogP contribution in [0.2, 0.25) is 0 Å². The lowest BCUT2D eigenvalue weighted by Crippen LogP contribution is -2.10. The highest BCUT2D eigenvalue weighted by atomic mass is 32.2. The van der Waals surface area contributed by atoms with Gasteiger partial charge in [-0.25, -0.2) is 4.39 Å². The van der Waals surface area contributed by atoms with E-state index in [2.05, 4.69) is 0 Å². The molecule has 0 saturated heterocycles. The largest absolute Gasteiger partial charge is 0.466 e. The predicted octanol–water partition coefficient (Wildman–Crippen LogP) is 3.13. The molecular formula is C13H14FNO2S. The summed E-state index contributed by atoms with van der Waals surface area (Å²) in [6.07, 6.45) is 0.236. The van der Waals surface area contributed by atoms with Crippen LogP contribution in [0.25, 0.3) is 0 Å². The molecule has 0 N–H and O–H groups in total. The zero-order chi connectivity index (χ0) is 13.5. The first-order valence-corrected chi connectivity index (χ1v) is 6.47. The second-order valence-electron chi connectivity index (χ2n) is 3.66. The third-order valence-corrected chi connectivity index (χ3v) is 3.34. The van der Waals surface area contributed by atoms with Crippen molar-refractivity contribution in [3.63, 3.8) is 0 Å². The maximum absolute atomic E-state index is 13.4. The number of nitriles is 1. The number of rotatable bonds is 5. The van der Waals surface area contributed by atoms with Gasteiger partial charge in [-0.05, 0) is 19.1 Å². The van der Waals surface area contributed by atoms with Crippen LogP contribution in [0.1, 0.15) is 25.8 Å². The Morgan fingerprint density at radius 1 is 1.61 bits per heavy atom. The van der Waals surface area contributed by atoms with E-state index in [1.165, 1.54) is 17.8 Å². The van der Waals surface area contributed by atoms with Gasteiger partial charge >= 0.3 is 5.97 Å². The first-order valence-electron chi connectivity index (χ1n) is 5.59. The molecule has 0 saturated carbocycles. The molecule has 0 aliphatic rings. The van der Waals surface area contributed by atoms with Gasteiger partial charge in [0, 0.05) is 10.1 Å². The number of ether oxygens (including phenoxy) is 1. The zero-order valence-electron chi connectivity index (χ0n) is 10.3. The summed E-state index contributed by atoms with van der Waals surface area (Å²) >= 11 is 1.30. The van der Waals surface area contributed by atoms with E-state index in [1.807, 2.05) is 13.0 Å². The number of carbonyl (C=O) groups is 1. The summed E-state index contributed by atoms with van der Waals surface area (Å²) < 4.78 is 18.2. The van der Waals surface area contributed by atoms with Gasteiger partial charge in [-0.1, -0.05) is 13.0 Å². The average Bonchev–Trinajstić information content (AvgIpc) is 2.29. The smallest absolute Gasteiger partial charge is 0.306 e. The minimum atomic E-state index is -0.536. The van der Waals surface area contributed by atoms with Crippen LogP contribution >= 0.6 is 11.8 Å². The van der Waals surface area contributed by atoms with E-state index in [4.69, 9.17) is 10.00 Å². The fourth-order valence-corrected chi connectivity index (χ4v) is 2.50. The van der Waals surface area contributed by atoms with E-state index < -0.39 is 5.82 Å². The Hall–Kier alpha value is -1.54. The first kappa shape index (κ1) is 14.5. The normalized spacial score (nSPS) is 11.7. The van der Waals surface area contributed by atoms with E-state index in [1.54, 1.807) is 19.1 Å². The molecule has 1 aromatic carbocycles. The number of esters is 1. The standard InChI is InChI=1S/C13H14FNO2S/c1-3-17-13(16)7-9(2)18-12-6-4-5-11(14)10(12)8-15/h4-6,9H,3,7H2,1-2H3. The summed E-state index contributed by atoms with van der Waals surface area (Å²) in [5.41, 5.74) is 0.0261.